The summed E-state index contributed by atoms with van der Waals surface area (Å²) < 4.78 is 26.8. The third kappa shape index (κ3) is 2.27. The molecule has 0 fully saturated rings. The zero-order chi connectivity index (χ0) is 9.19. The summed E-state index contributed by atoms with van der Waals surface area (Å²) in [6.07, 6.45) is 0. The van der Waals surface area contributed by atoms with Crippen molar-refractivity contribution in [2.75, 3.05) is 0 Å². The van der Waals surface area contributed by atoms with Crippen LogP contribution in [0.3, 0.4) is 0 Å². The van der Waals surface area contributed by atoms with E-state index in [1.54, 1.807) is 24.3 Å². The quantitative estimate of drug-likeness (QED) is 0.718. The van der Waals surface area contributed by atoms with E-state index >= 15 is 0 Å². The van der Waals surface area contributed by atoms with Crippen LogP contribution in [0.15, 0.2) is 29.2 Å². The van der Waals surface area contributed by atoms with Crippen molar-refractivity contribution in [3.63, 3.8) is 0 Å². The summed E-state index contributed by atoms with van der Waals surface area (Å²) >= 11 is 0.00121. The molecule has 0 atom stereocenters. The molecule has 5 heteroatoms. The Morgan fingerprint density at radius 2 is 1.75 bits per heavy atom. The summed E-state index contributed by atoms with van der Waals surface area (Å²) in [7, 11) is -3.44. The predicted octanol–water partition coefficient (Wildman–Crippen LogP) is 0.784. The van der Waals surface area contributed by atoms with Crippen molar-refractivity contribution in [2.24, 2.45) is 0 Å². The van der Waals surface area contributed by atoms with Crippen molar-refractivity contribution in [2.45, 2.75) is 11.8 Å². The average molecular weight is 376 g/mol. The number of rotatable bonds is 2. The topological polar surface area (TPSA) is 43.4 Å². The summed E-state index contributed by atoms with van der Waals surface area (Å²) in [6, 6.07) is 6.59. The molecular formula is C7H7O3STl. The van der Waals surface area contributed by atoms with Gasteiger partial charge in [0.2, 0.25) is 0 Å². The van der Waals surface area contributed by atoms with Crippen LogP contribution in [0.2, 0.25) is 0 Å². The first-order chi connectivity index (χ1) is 5.56. The molecule has 3 nitrogen and oxygen atoms in total. The summed E-state index contributed by atoms with van der Waals surface area (Å²) in [6.45, 7) is 1.90. The minimum atomic E-state index is -3.44. The molecule has 0 spiro atoms. The fraction of sp³-hybridized carbons (Fsp3) is 0.143. The van der Waals surface area contributed by atoms with Gasteiger partial charge in [-0.25, -0.2) is 0 Å². The summed E-state index contributed by atoms with van der Waals surface area (Å²) in [5.41, 5.74) is 1.03. The van der Waals surface area contributed by atoms with E-state index in [9.17, 15) is 8.42 Å². The zero-order valence-electron chi connectivity index (χ0n) is 6.52. The molecule has 0 N–H and O–H groups in total. The van der Waals surface area contributed by atoms with Gasteiger partial charge in [-0.15, -0.1) is 0 Å². The fourth-order valence-electron chi connectivity index (χ4n) is 0.760. The molecule has 0 aliphatic heterocycles. The molecule has 12 heavy (non-hydrogen) atoms. The first-order valence-corrected chi connectivity index (χ1v) is 6.50. The van der Waals surface area contributed by atoms with Gasteiger partial charge in [-0.3, -0.25) is 0 Å². The zero-order valence-corrected chi connectivity index (χ0v) is 11.8. The maximum atomic E-state index is 11.1. The molecule has 0 unspecified atom stereocenters. The van der Waals surface area contributed by atoms with Crippen LogP contribution in [-0.2, 0) is 12.3 Å². The summed E-state index contributed by atoms with van der Waals surface area (Å²) in [5, 5.41) is 0. The van der Waals surface area contributed by atoms with E-state index < -0.39 is 10.1 Å². The van der Waals surface area contributed by atoms with Gasteiger partial charge in [0.05, 0.1) is 0 Å². The number of benzene rings is 1. The van der Waals surface area contributed by atoms with Gasteiger partial charge in [0, 0.05) is 0 Å². The molecule has 0 saturated heterocycles. The van der Waals surface area contributed by atoms with Crippen LogP contribution in [0, 0.1) is 6.92 Å². The van der Waals surface area contributed by atoms with Crippen LogP contribution in [0.4, 0.5) is 0 Å². The summed E-state index contributed by atoms with van der Waals surface area (Å²) in [5.74, 6) is 0. The number of hydrogen-bond donors (Lipinski definition) is 0. The van der Waals surface area contributed by atoms with Gasteiger partial charge in [-0.2, -0.15) is 0 Å². The molecule has 1 aromatic rings. The van der Waals surface area contributed by atoms with Crippen molar-refractivity contribution in [1.29, 1.82) is 0 Å². The Kier molecular flexibility index (Phi) is 3.24. The van der Waals surface area contributed by atoms with Gasteiger partial charge >= 0.3 is 88.5 Å². The van der Waals surface area contributed by atoms with Gasteiger partial charge in [0.15, 0.2) is 0 Å². The van der Waals surface area contributed by atoms with Crippen LogP contribution in [-0.4, -0.2) is 34.6 Å². The van der Waals surface area contributed by atoms with Gasteiger partial charge < -0.3 is 0 Å². The van der Waals surface area contributed by atoms with Crippen molar-refractivity contribution < 1.29 is 10.6 Å². The van der Waals surface area contributed by atoms with Crippen LogP contribution in [0.25, 0.3) is 0 Å². The van der Waals surface area contributed by atoms with Crippen molar-refractivity contribution in [1.82, 2.24) is 0 Å². The Balaban J connectivity index is 3.14. The molecule has 0 aliphatic carbocycles. The molecule has 62 valence electrons. The van der Waals surface area contributed by atoms with Crippen LogP contribution >= 0.6 is 0 Å². The van der Waals surface area contributed by atoms with E-state index in [2.05, 4.69) is 2.13 Å². The van der Waals surface area contributed by atoms with E-state index in [0.29, 0.717) is 0 Å². The Bertz CT molecular complexity index is 355. The van der Waals surface area contributed by atoms with E-state index in [4.69, 9.17) is 0 Å². The Hall–Kier alpha value is 0.0521. The second-order valence-electron chi connectivity index (χ2n) is 2.36. The fourth-order valence-corrected chi connectivity index (χ4v) is 2.64. The van der Waals surface area contributed by atoms with E-state index in [1.807, 2.05) is 6.92 Å². The molecule has 0 bridgehead atoms. The minimum absolute atomic E-state index is 0.00121. The standard InChI is InChI=1S/C7H8O3S.Tl/c1-6-2-4-7(5-3-6)11(8,9)10;/h2-5H,1H3,(H,8,9,10);/q;+1/p-1. The predicted molar refractivity (Wildman–Crippen MR) is 45.2 cm³/mol. The Morgan fingerprint density at radius 3 is 2.17 bits per heavy atom. The second-order valence-corrected chi connectivity index (χ2v) is 6.18. The SMILES string of the molecule is Cc1ccc(S(=O)(=O)[O][Tl])cc1. The number of aryl methyl sites for hydroxylation is 1. The molecule has 0 saturated carbocycles. The molecule has 0 aromatic heterocycles. The van der Waals surface area contributed by atoms with Crippen molar-refractivity contribution >= 4 is 36.3 Å². The first kappa shape index (κ1) is 10.1. The Morgan fingerprint density at radius 1 is 1.25 bits per heavy atom. The summed E-state index contributed by atoms with van der Waals surface area (Å²) in [4.78, 5) is 0.232. The number of hydrogen-bond acceptors (Lipinski definition) is 3. The van der Waals surface area contributed by atoms with E-state index in [-0.39, 0.29) is 31.1 Å². The van der Waals surface area contributed by atoms with Gasteiger partial charge in [-0.1, -0.05) is 0 Å². The van der Waals surface area contributed by atoms with Gasteiger partial charge in [0.25, 0.3) is 0 Å². The maximum absolute atomic E-state index is 11.1. The van der Waals surface area contributed by atoms with Crippen molar-refractivity contribution in [3.05, 3.63) is 29.8 Å². The van der Waals surface area contributed by atoms with Gasteiger partial charge in [0.1, 0.15) is 0 Å². The second kappa shape index (κ2) is 3.84. The average Bonchev–Trinajstić information content (AvgIpc) is 2.05. The third-order valence-corrected chi connectivity index (χ3v) is 5.49. The van der Waals surface area contributed by atoms with E-state index in [1.165, 1.54) is 0 Å². The molecule has 0 radical (unpaired) electrons. The van der Waals surface area contributed by atoms with E-state index in [0.717, 1.165) is 5.56 Å². The Labute approximate surface area is 88.2 Å². The molecular weight excluding hydrogens is 369 g/mol. The molecule has 0 amide bonds. The molecule has 1 rings (SSSR count). The normalized spacial score (nSPS) is 11.3. The van der Waals surface area contributed by atoms with Gasteiger partial charge in [-0.05, 0) is 0 Å². The molecule has 1 aromatic carbocycles. The molecule has 0 heterocycles. The third-order valence-electron chi connectivity index (χ3n) is 1.44. The van der Waals surface area contributed by atoms with Crippen LogP contribution < -0.4 is 0 Å². The van der Waals surface area contributed by atoms with Crippen LogP contribution in [0.5, 0.6) is 0 Å². The first-order valence-electron chi connectivity index (χ1n) is 3.26. The molecule has 0 aliphatic rings. The van der Waals surface area contributed by atoms with Crippen molar-refractivity contribution in [3.8, 4) is 0 Å². The monoisotopic (exact) mass is 376 g/mol. The van der Waals surface area contributed by atoms with Crippen LogP contribution in [0.1, 0.15) is 5.56 Å².